The standard InChI is InChI=1S/C18H27N5O2/c1-3-15-6-4-5-7-23(15)17-12-16(19-13-20-17)18(25)22-10-8-21(9-11-22)14(2)24/h12-13,15H,3-11H2,1-2H3. The van der Waals surface area contributed by atoms with Crippen LogP contribution in [0.5, 0.6) is 0 Å². The van der Waals surface area contributed by atoms with Gasteiger partial charge in [-0.1, -0.05) is 6.92 Å². The van der Waals surface area contributed by atoms with Gasteiger partial charge in [0.1, 0.15) is 17.8 Å². The van der Waals surface area contributed by atoms with Crippen molar-refractivity contribution in [2.24, 2.45) is 0 Å². The second-order valence-corrected chi connectivity index (χ2v) is 6.81. The number of nitrogens with zero attached hydrogens (tertiary/aromatic N) is 5. The van der Waals surface area contributed by atoms with Crippen LogP contribution in [0.4, 0.5) is 5.82 Å². The van der Waals surface area contributed by atoms with Crippen molar-refractivity contribution in [1.82, 2.24) is 19.8 Å². The molecule has 136 valence electrons. The summed E-state index contributed by atoms with van der Waals surface area (Å²) in [6.45, 7) is 7.03. The molecule has 1 atom stereocenters. The predicted octanol–water partition coefficient (Wildman–Crippen LogP) is 1.55. The molecule has 3 heterocycles. The normalized spacial score (nSPS) is 21.4. The summed E-state index contributed by atoms with van der Waals surface area (Å²) >= 11 is 0. The van der Waals surface area contributed by atoms with E-state index in [1.165, 1.54) is 19.2 Å². The van der Waals surface area contributed by atoms with Gasteiger partial charge in [0.25, 0.3) is 5.91 Å². The van der Waals surface area contributed by atoms with E-state index in [2.05, 4.69) is 21.8 Å². The fraction of sp³-hybridized carbons (Fsp3) is 0.667. The summed E-state index contributed by atoms with van der Waals surface area (Å²) in [5.74, 6) is 0.844. The van der Waals surface area contributed by atoms with E-state index >= 15 is 0 Å². The zero-order chi connectivity index (χ0) is 17.8. The maximum absolute atomic E-state index is 12.8. The molecule has 0 radical (unpaired) electrons. The summed E-state index contributed by atoms with van der Waals surface area (Å²) in [6, 6.07) is 2.32. The van der Waals surface area contributed by atoms with Crippen LogP contribution >= 0.6 is 0 Å². The Bertz CT molecular complexity index is 628. The number of amides is 2. The van der Waals surface area contributed by atoms with Gasteiger partial charge in [0.15, 0.2) is 0 Å². The molecule has 0 N–H and O–H groups in total. The molecular formula is C18H27N5O2. The summed E-state index contributed by atoms with van der Waals surface area (Å²) in [5.41, 5.74) is 0.446. The average molecular weight is 345 g/mol. The first-order valence-corrected chi connectivity index (χ1v) is 9.23. The minimum absolute atomic E-state index is 0.0622. The summed E-state index contributed by atoms with van der Waals surface area (Å²) in [4.78, 5) is 38.7. The first-order chi connectivity index (χ1) is 12.1. The van der Waals surface area contributed by atoms with Gasteiger partial charge in [-0.3, -0.25) is 9.59 Å². The minimum Gasteiger partial charge on any atom is -0.354 e. The SMILES string of the molecule is CCC1CCCCN1c1cc(C(=O)N2CCN(C(C)=O)CC2)ncn1. The van der Waals surface area contributed by atoms with E-state index in [0.29, 0.717) is 37.9 Å². The first-order valence-electron chi connectivity index (χ1n) is 9.23. The average Bonchev–Trinajstić information content (AvgIpc) is 2.67. The van der Waals surface area contributed by atoms with Gasteiger partial charge in [-0.2, -0.15) is 0 Å². The fourth-order valence-corrected chi connectivity index (χ4v) is 3.73. The van der Waals surface area contributed by atoms with Crippen molar-refractivity contribution < 1.29 is 9.59 Å². The number of hydrogen-bond donors (Lipinski definition) is 0. The van der Waals surface area contributed by atoms with E-state index in [1.54, 1.807) is 16.7 Å². The summed E-state index contributed by atoms with van der Waals surface area (Å²) in [5, 5.41) is 0. The zero-order valence-electron chi connectivity index (χ0n) is 15.1. The molecule has 0 aliphatic carbocycles. The highest BCUT2D eigenvalue weighted by Gasteiger charge is 2.26. The topological polar surface area (TPSA) is 69.6 Å². The van der Waals surface area contributed by atoms with E-state index < -0.39 is 0 Å². The Morgan fingerprint density at radius 1 is 1.08 bits per heavy atom. The van der Waals surface area contributed by atoms with E-state index in [-0.39, 0.29) is 11.8 Å². The third-order valence-electron chi connectivity index (χ3n) is 5.28. The zero-order valence-corrected chi connectivity index (χ0v) is 15.1. The molecule has 25 heavy (non-hydrogen) atoms. The number of hydrogen-bond acceptors (Lipinski definition) is 5. The van der Waals surface area contributed by atoms with E-state index in [1.807, 2.05) is 6.07 Å². The Morgan fingerprint density at radius 2 is 1.80 bits per heavy atom. The lowest BCUT2D eigenvalue weighted by Crippen LogP contribution is -2.50. The number of piperidine rings is 1. The van der Waals surface area contributed by atoms with Crippen molar-refractivity contribution in [1.29, 1.82) is 0 Å². The van der Waals surface area contributed by atoms with Gasteiger partial charge in [0.2, 0.25) is 5.91 Å². The molecule has 7 heteroatoms. The molecule has 1 aromatic rings. The van der Waals surface area contributed by atoms with Crippen LogP contribution in [0.3, 0.4) is 0 Å². The molecule has 2 saturated heterocycles. The first kappa shape index (κ1) is 17.6. The molecule has 3 rings (SSSR count). The van der Waals surface area contributed by atoms with Gasteiger partial charge in [0.05, 0.1) is 0 Å². The molecule has 1 unspecified atom stereocenters. The van der Waals surface area contributed by atoms with Crippen molar-refractivity contribution in [2.75, 3.05) is 37.6 Å². The number of anilines is 1. The van der Waals surface area contributed by atoms with E-state index in [9.17, 15) is 9.59 Å². The minimum atomic E-state index is -0.0723. The molecule has 2 aliphatic rings. The van der Waals surface area contributed by atoms with Crippen LogP contribution in [0, 0.1) is 0 Å². The Morgan fingerprint density at radius 3 is 2.48 bits per heavy atom. The Kier molecular flexibility index (Phi) is 5.50. The molecule has 0 saturated carbocycles. The predicted molar refractivity (Wildman–Crippen MR) is 95.5 cm³/mol. The van der Waals surface area contributed by atoms with Crippen LogP contribution < -0.4 is 4.90 Å². The molecule has 0 bridgehead atoms. The third kappa shape index (κ3) is 3.91. The molecule has 1 aromatic heterocycles. The van der Waals surface area contributed by atoms with Crippen LogP contribution in [0.1, 0.15) is 50.0 Å². The molecular weight excluding hydrogens is 318 g/mol. The van der Waals surface area contributed by atoms with E-state index in [4.69, 9.17) is 0 Å². The highest BCUT2D eigenvalue weighted by molar-refractivity contribution is 5.93. The van der Waals surface area contributed by atoms with Gasteiger partial charge in [0, 0.05) is 51.8 Å². The third-order valence-corrected chi connectivity index (χ3v) is 5.28. The number of carbonyl (C=O) groups excluding carboxylic acids is 2. The lowest BCUT2D eigenvalue weighted by molar-refractivity contribution is -0.130. The van der Waals surface area contributed by atoms with Crippen LogP contribution in [0.2, 0.25) is 0 Å². The summed E-state index contributed by atoms with van der Waals surface area (Å²) < 4.78 is 0. The largest absolute Gasteiger partial charge is 0.354 e. The second kappa shape index (κ2) is 7.80. The Hall–Kier alpha value is -2.18. The van der Waals surface area contributed by atoms with Crippen molar-refractivity contribution in [3.8, 4) is 0 Å². The fourth-order valence-electron chi connectivity index (χ4n) is 3.73. The van der Waals surface area contributed by atoms with Crippen molar-refractivity contribution >= 4 is 17.6 Å². The molecule has 2 amide bonds. The highest BCUT2D eigenvalue weighted by Crippen LogP contribution is 2.25. The lowest BCUT2D eigenvalue weighted by atomic mass is 10.00. The number of piperazine rings is 1. The molecule has 0 aromatic carbocycles. The summed E-state index contributed by atoms with van der Waals surface area (Å²) in [6.07, 6.45) is 6.18. The lowest BCUT2D eigenvalue weighted by Gasteiger charge is -2.36. The molecule has 7 nitrogen and oxygen atoms in total. The maximum Gasteiger partial charge on any atom is 0.272 e. The van der Waals surface area contributed by atoms with Gasteiger partial charge >= 0.3 is 0 Å². The quantitative estimate of drug-likeness (QED) is 0.831. The van der Waals surface area contributed by atoms with Crippen LogP contribution in [-0.4, -0.2) is 70.3 Å². The Balaban J connectivity index is 1.71. The van der Waals surface area contributed by atoms with Crippen LogP contribution in [0.15, 0.2) is 12.4 Å². The highest BCUT2D eigenvalue weighted by atomic mass is 16.2. The molecule has 2 fully saturated rings. The van der Waals surface area contributed by atoms with Gasteiger partial charge in [-0.15, -0.1) is 0 Å². The van der Waals surface area contributed by atoms with Gasteiger partial charge in [-0.25, -0.2) is 9.97 Å². The van der Waals surface area contributed by atoms with Crippen LogP contribution in [-0.2, 0) is 4.79 Å². The van der Waals surface area contributed by atoms with Crippen molar-refractivity contribution in [2.45, 2.75) is 45.6 Å². The van der Waals surface area contributed by atoms with E-state index in [0.717, 1.165) is 25.2 Å². The monoisotopic (exact) mass is 345 g/mol. The van der Waals surface area contributed by atoms with Crippen LogP contribution in [0.25, 0.3) is 0 Å². The summed E-state index contributed by atoms with van der Waals surface area (Å²) in [7, 11) is 0. The maximum atomic E-state index is 12.8. The van der Waals surface area contributed by atoms with Gasteiger partial charge < -0.3 is 14.7 Å². The molecule has 0 spiro atoms. The smallest absolute Gasteiger partial charge is 0.272 e. The van der Waals surface area contributed by atoms with Crippen molar-refractivity contribution in [3.63, 3.8) is 0 Å². The van der Waals surface area contributed by atoms with Crippen molar-refractivity contribution in [3.05, 3.63) is 18.1 Å². The van der Waals surface area contributed by atoms with Gasteiger partial charge in [-0.05, 0) is 25.7 Å². The number of rotatable bonds is 3. The number of aromatic nitrogens is 2. The molecule has 2 aliphatic heterocycles. The number of carbonyl (C=O) groups is 2. The Labute approximate surface area is 149 Å². The second-order valence-electron chi connectivity index (χ2n) is 6.81.